The Morgan fingerprint density at radius 1 is 1.69 bits per heavy atom. The van der Waals surface area contributed by atoms with Crippen LogP contribution in [0.15, 0.2) is 0 Å². The van der Waals surface area contributed by atoms with E-state index in [4.69, 9.17) is 16.3 Å². The number of nitrogens with zero attached hydrogens (tertiary/aromatic N) is 1. The van der Waals surface area contributed by atoms with Gasteiger partial charge < -0.3 is 9.64 Å². The third-order valence-corrected chi connectivity index (χ3v) is 2.71. The molecule has 1 saturated heterocycles. The fourth-order valence-corrected chi connectivity index (χ4v) is 1.83. The average molecular weight is 206 g/mol. The van der Waals surface area contributed by atoms with E-state index >= 15 is 0 Å². The van der Waals surface area contributed by atoms with Crippen LogP contribution in [0.2, 0.25) is 0 Å². The van der Waals surface area contributed by atoms with Crippen LogP contribution in [0.1, 0.15) is 20.3 Å². The first-order valence-corrected chi connectivity index (χ1v) is 5.00. The second kappa shape index (κ2) is 4.29. The molecule has 0 radical (unpaired) electrons. The minimum Gasteiger partial charge on any atom is -0.376 e. The monoisotopic (exact) mass is 205 g/mol. The highest BCUT2D eigenvalue weighted by atomic mass is 35.5. The maximum atomic E-state index is 11.5. The Balaban J connectivity index is 2.56. The minimum absolute atomic E-state index is 0.0241. The highest BCUT2D eigenvalue weighted by Crippen LogP contribution is 2.19. The minimum atomic E-state index is -0.446. The van der Waals surface area contributed by atoms with Crippen LogP contribution in [0.5, 0.6) is 0 Å². The molecule has 0 saturated carbocycles. The number of rotatable bonds is 2. The predicted octanol–water partition coefficient (Wildman–Crippen LogP) is 1.25. The van der Waals surface area contributed by atoms with Gasteiger partial charge in [-0.25, -0.2) is 0 Å². The summed E-state index contributed by atoms with van der Waals surface area (Å²) in [7, 11) is 1.79. The molecule has 0 aromatic carbocycles. The van der Waals surface area contributed by atoms with E-state index in [1.165, 1.54) is 0 Å². The number of hydrogen-bond donors (Lipinski definition) is 0. The fraction of sp³-hybridized carbons (Fsp3) is 0.889. The molecule has 76 valence electrons. The van der Waals surface area contributed by atoms with Crippen LogP contribution in [0, 0.1) is 0 Å². The van der Waals surface area contributed by atoms with Crippen molar-refractivity contribution in [1.29, 1.82) is 0 Å². The third kappa shape index (κ3) is 2.35. The fourth-order valence-electron chi connectivity index (χ4n) is 1.67. The summed E-state index contributed by atoms with van der Waals surface area (Å²) in [5.41, 5.74) is 0. The summed E-state index contributed by atoms with van der Waals surface area (Å²) in [6.45, 7) is 4.42. The van der Waals surface area contributed by atoms with E-state index in [2.05, 4.69) is 0 Å². The molecule has 1 aliphatic rings. The molecule has 3 atom stereocenters. The Kier molecular flexibility index (Phi) is 3.56. The van der Waals surface area contributed by atoms with Crippen LogP contribution < -0.4 is 0 Å². The van der Waals surface area contributed by atoms with Crippen molar-refractivity contribution in [3.63, 3.8) is 0 Å². The summed E-state index contributed by atoms with van der Waals surface area (Å²) in [6, 6.07) is 0.189. The van der Waals surface area contributed by atoms with Gasteiger partial charge in [0.05, 0.1) is 12.1 Å². The maximum absolute atomic E-state index is 11.5. The summed E-state index contributed by atoms with van der Waals surface area (Å²) in [6.07, 6.45) is 1.04. The lowest BCUT2D eigenvalue weighted by atomic mass is 10.1. The predicted molar refractivity (Wildman–Crippen MR) is 51.9 cm³/mol. The Morgan fingerprint density at radius 2 is 2.31 bits per heavy atom. The standard InChI is InChI=1S/C9H16ClNO2/c1-6(10)9(12)11(3)8-4-5-13-7(8)2/h6-8H,4-5H2,1-3H3. The van der Waals surface area contributed by atoms with Crippen LogP contribution in [-0.2, 0) is 9.53 Å². The topological polar surface area (TPSA) is 29.5 Å². The van der Waals surface area contributed by atoms with Crippen molar-refractivity contribution < 1.29 is 9.53 Å². The van der Waals surface area contributed by atoms with Gasteiger partial charge >= 0.3 is 0 Å². The van der Waals surface area contributed by atoms with Crippen LogP contribution >= 0.6 is 11.6 Å². The molecule has 1 heterocycles. The zero-order valence-corrected chi connectivity index (χ0v) is 9.04. The van der Waals surface area contributed by atoms with Gasteiger partial charge in [0.1, 0.15) is 5.38 Å². The van der Waals surface area contributed by atoms with Gasteiger partial charge in [0.2, 0.25) is 5.91 Å². The van der Waals surface area contributed by atoms with Crippen LogP contribution in [-0.4, -0.2) is 42.0 Å². The molecule has 0 spiro atoms. The second-order valence-corrected chi connectivity index (χ2v) is 4.15. The number of carbonyl (C=O) groups is 1. The molecular weight excluding hydrogens is 190 g/mol. The number of amides is 1. The molecule has 0 aliphatic carbocycles. The van der Waals surface area contributed by atoms with Crippen molar-refractivity contribution >= 4 is 17.5 Å². The summed E-state index contributed by atoms with van der Waals surface area (Å²) in [4.78, 5) is 13.2. The van der Waals surface area contributed by atoms with Gasteiger partial charge in [-0.2, -0.15) is 0 Å². The quantitative estimate of drug-likeness (QED) is 0.635. The SMILES string of the molecule is CC(Cl)C(=O)N(C)C1CCOC1C. The number of alkyl halides is 1. The van der Waals surface area contributed by atoms with Crippen LogP contribution in [0.4, 0.5) is 0 Å². The molecule has 0 N–H and O–H groups in total. The highest BCUT2D eigenvalue weighted by Gasteiger charge is 2.31. The van der Waals surface area contributed by atoms with E-state index in [0.29, 0.717) is 0 Å². The molecule has 0 aromatic heterocycles. The van der Waals surface area contributed by atoms with Crippen LogP contribution in [0.25, 0.3) is 0 Å². The van der Waals surface area contributed by atoms with Gasteiger partial charge in [-0.3, -0.25) is 4.79 Å². The van der Waals surface area contributed by atoms with E-state index in [1.807, 2.05) is 6.92 Å². The lowest BCUT2D eigenvalue weighted by molar-refractivity contribution is -0.132. The molecule has 1 aliphatic heterocycles. The first-order chi connectivity index (χ1) is 6.04. The zero-order valence-electron chi connectivity index (χ0n) is 8.29. The zero-order chi connectivity index (χ0) is 10.0. The van der Waals surface area contributed by atoms with Gasteiger partial charge in [-0.1, -0.05) is 0 Å². The van der Waals surface area contributed by atoms with E-state index in [9.17, 15) is 4.79 Å². The largest absolute Gasteiger partial charge is 0.376 e. The summed E-state index contributed by atoms with van der Waals surface area (Å²) in [5.74, 6) is -0.0241. The van der Waals surface area contributed by atoms with Crippen molar-refractivity contribution in [2.24, 2.45) is 0 Å². The Hall–Kier alpha value is -0.280. The first-order valence-electron chi connectivity index (χ1n) is 4.56. The third-order valence-electron chi connectivity index (χ3n) is 2.52. The molecule has 1 fully saturated rings. The van der Waals surface area contributed by atoms with Crippen molar-refractivity contribution in [2.75, 3.05) is 13.7 Å². The normalized spacial score (nSPS) is 30.2. The molecule has 3 unspecified atom stereocenters. The Labute approximate surface area is 84.0 Å². The summed E-state index contributed by atoms with van der Waals surface area (Å²) >= 11 is 5.72. The van der Waals surface area contributed by atoms with Gasteiger partial charge in [0, 0.05) is 13.7 Å². The Morgan fingerprint density at radius 3 is 2.69 bits per heavy atom. The molecule has 0 bridgehead atoms. The first kappa shape index (κ1) is 10.8. The summed E-state index contributed by atoms with van der Waals surface area (Å²) < 4.78 is 5.38. The molecular formula is C9H16ClNO2. The van der Waals surface area contributed by atoms with E-state index in [1.54, 1.807) is 18.9 Å². The Bertz CT molecular complexity index is 196. The molecule has 13 heavy (non-hydrogen) atoms. The molecule has 0 aromatic rings. The average Bonchev–Trinajstić information content (AvgIpc) is 2.48. The van der Waals surface area contributed by atoms with Gasteiger partial charge in [-0.15, -0.1) is 11.6 Å². The second-order valence-electron chi connectivity index (χ2n) is 3.50. The van der Waals surface area contributed by atoms with E-state index < -0.39 is 5.38 Å². The molecule has 3 nitrogen and oxygen atoms in total. The van der Waals surface area contributed by atoms with Crippen molar-refractivity contribution in [1.82, 2.24) is 4.90 Å². The smallest absolute Gasteiger partial charge is 0.240 e. The van der Waals surface area contributed by atoms with Crippen molar-refractivity contribution in [3.8, 4) is 0 Å². The molecule has 4 heteroatoms. The summed E-state index contributed by atoms with van der Waals surface area (Å²) in [5, 5.41) is -0.446. The van der Waals surface area contributed by atoms with Crippen molar-refractivity contribution in [2.45, 2.75) is 37.8 Å². The van der Waals surface area contributed by atoms with Crippen LogP contribution in [0.3, 0.4) is 0 Å². The maximum Gasteiger partial charge on any atom is 0.240 e. The number of carbonyl (C=O) groups excluding carboxylic acids is 1. The van der Waals surface area contributed by atoms with Gasteiger partial charge in [0.15, 0.2) is 0 Å². The lowest BCUT2D eigenvalue weighted by Crippen LogP contribution is -2.43. The van der Waals surface area contributed by atoms with Crippen molar-refractivity contribution in [3.05, 3.63) is 0 Å². The van der Waals surface area contributed by atoms with Gasteiger partial charge in [-0.05, 0) is 20.3 Å². The van der Waals surface area contributed by atoms with E-state index in [-0.39, 0.29) is 18.1 Å². The number of ether oxygens (including phenoxy) is 1. The number of likely N-dealkylation sites (N-methyl/N-ethyl adjacent to an activating group) is 1. The molecule has 1 rings (SSSR count). The van der Waals surface area contributed by atoms with Gasteiger partial charge in [0.25, 0.3) is 0 Å². The molecule has 1 amide bonds. The highest BCUT2D eigenvalue weighted by molar-refractivity contribution is 6.30. The number of hydrogen-bond acceptors (Lipinski definition) is 2. The lowest BCUT2D eigenvalue weighted by Gasteiger charge is -2.27. The van der Waals surface area contributed by atoms with E-state index in [0.717, 1.165) is 13.0 Å². The number of halogens is 1.